The number of aryl methyl sites for hydroxylation is 3. The first-order valence-corrected chi connectivity index (χ1v) is 7.22. The third-order valence-electron chi connectivity index (χ3n) is 4.18. The van der Waals surface area contributed by atoms with Crippen LogP contribution in [0.5, 0.6) is 0 Å². The maximum absolute atomic E-state index is 6.29. The Kier molecular flexibility index (Phi) is 2.54. The molecule has 0 spiro atoms. The zero-order valence-corrected chi connectivity index (χ0v) is 12.8. The molecule has 0 saturated carbocycles. The fourth-order valence-electron chi connectivity index (χ4n) is 2.85. The summed E-state index contributed by atoms with van der Waals surface area (Å²) in [6, 6.07) is 10.2. The fraction of sp³-hybridized carbons (Fsp3) is 0.176. The van der Waals surface area contributed by atoms with Gasteiger partial charge in [0.1, 0.15) is 23.0 Å². The molecule has 22 heavy (non-hydrogen) atoms. The highest BCUT2D eigenvalue weighted by Gasteiger charge is 2.13. The number of anilines is 1. The molecule has 0 atom stereocenters. The maximum atomic E-state index is 6.29. The number of aromatic nitrogens is 4. The van der Waals surface area contributed by atoms with Crippen molar-refractivity contribution in [3.05, 3.63) is 47.9 Å². The lowest BCUT2D eigenvalue weighted by molar-refractivity contribution is 0.886. The summed E-state index contributed by atoms with van der Waals surface area (Å²) in [5.41, 5.74) is 12.2. The first-order valence-electron chi connectivity index (χ1n) is 7.22. The second-order valence-corrected chi connectivity index (χ2v) is 5.70. The highest BCUT2D eigenvalue weighted by Crippen LogP contribution is 2.29. The molecule has 5 heteroatoms. The lowest BCUT2D eigenvalue weighted by Gasteiger charge is -2.01. The molecule has 4 rings (SSSR count). The quantitative estimate of drug-likeness (QED) is 0.586. The van der Waals surface area contributed by atoms with E-state index in [9.17, 15) is 0 Å². The van der Waals surface area contributed by atoms with Crippen molar-refractivity contribution in [2.45, 2.75) is 13.8 Å². The van der Waals surface area contributed by atoms with Crippen LogP contribution in [0, 0.1) is 13.8 Å². The number of nitrogen functional groups attached to an aromatic ring is 1. The van der Waals surface area contributed by atoms with Gasteiger partial charge in [0.25, 0.3) is 0 Å². The van der Waals surface area contributed by atoms with Crippen LogP contribution in [0.1, 0.15) is 11.4 Å². The molecule has 0 aliphatic carbocycles. The van der Waals surface area contributed by atoms with Gasteiger partial charge in [-0.1, -0.05) is 12.1 Å². The van der Waals surface area contributed by atoms with Crippen molar-refractivity contribution in [2.75, 3.05) is 5.73 Å². The molecule has 0 aliphatic heterocycles. The van der Waals surface area contributed by atoms with Crippen LogP contribution in [0.3, 0.4) is 0 Å². The van der Waals surface area contributed by atoms with Crippen LogP contribution in [0.15, 0.2) is 36.5 Å². The zero-order valence-electron chi connectivity index (χ0n) is 12.8. The van der Waals surface area contributed by atoms with Crippen molar-refractivity contribution >= 4 is 22.5 Å². The smallest absolute Gasteiger partial charge is 0.139 e. The number of benzene rings is 1. The van der Waals surface area contributed by atoms with Gasteiger partial charge in [0, 0.05) is 18.8 Å². The van der Waals surface area contributed by atoms with Gasteiger partial charge in [-0.25, -0.2) is 9.97 Å². The minimum atomic E-state index is 0.658. The van der Waals surface area contributed by atoms with Crippen LogP contribution in [0.25, 0.3) is 27.9 Å². The van der Waals surface area contributed by atoms with Crippen LogP contribution in [0.2, 0.25) is 0 Å². The number of hydrogen-bond donors (Lipinski definition) is 1. The van der Waals surface area contributed by atoms with Gasteiger partial charge in [0.15, 0.2) is 0 Å². The topological polar surface area (TPSA) is 61.1 Å². The van der Waals surface area contributed by atoms with Crippen LogP contribution in [0.4, 0.5) is 5.82 Å². The molecule has 3 aromatic heterocycles. The van der Waals surface area contributed by atoms with Gasteiger partial charge in [0.2, 0.25) is 0 Å². The van der Waals surface area contributed by atoms with Gasteiger partial charge in [0.05, 0.1) is 11.0 Å². The largest absolute Gasteiger partial charge is 0.383 e. The molecule has 1 aromatic carbocycles. The highest BCUT2D eigenvalue weighted by molar-refractivity contribution is 5.85. The molecule has 0 unspecified atom stereocenters. The van der Waals surface area contributed by atoms with Gasteiger partial charge in [-0.3, -0.25) is 4.40 Å². The van der Waals surface area contributed by atoms with Crippen molar-refractivity contribution in [3.63, 3.8) is 0 Å². The summed E-state index contributed by atoms with van der Waals surface area (Å²) >= 11 is 0. The number of pyridine rings is 1. The predicted molar refractivity (Wildman–Crippen MR) is 88.8 cm³/mol. The minimum absolute atomic E-state index is 0.658. The molecular formula is C17H17N5. The molecule has 110 valence electrons. The highest BCUT2D eigenvalue weighted by atomic mass is 15.1. The number of rotatable bonds is 1. The van der Waals surface area contributed by atoms with E-state index in [1.54, 1.807) is 0 Å². The second kappa shape index (κ2) is 4.34. The molecule has 0 radical (unpaired) electrons. The summed E-state index contributed by atoms with van der Waals surface area (Å²) in [7, 11) is 2.02. The van der Waals surface area contributed by atoms with Gasteiger partial charge >= 0.3 is 0 Å². The molecule has 0 bridgehead atoms. The van der Waals surface area contributed by atoms with E-state index in [1.807, 2.05) is 49.7 Å². The zero-order chi connectivity index (χ0) is 15.4. The normalized spacial score (nSPS) is 11.6. The van der Waals surface area contributed by atoms with Gasteiger partial charge in [-0.15, -0.1) is 0 Å². The summed E-state index contributed by atoms with van der Waals surface area (Å²) in [6.45, 7) is 4.04. The molecule has 3 heterocycles. The number of imidazole rings is 2. The van der Waals surface area contributed by atoms with E-state index in [4.69, 9.17) is 5.73 Å². The van der Waals surface area contributed by atoms with Crippen molar-refractivity contribution in [1.29, 1.82) is 0 Å². The molecule has 5 nitrogen and oxygen atoms in total. The standard InChI is InChI=1S/C17H17N5/c1-10-4-7-15-20-16(17(18)22(15)9-10)12-5-6-14-13(8-12)19-11(2)21(14)3/h4-9H,18H2,1-3H3. The van der Waals surface area contributed by atoms with E-state index in [-0.39, 0.29) is 0 Å². The third kappa shape index (κ3) is 1.72. The van der Waals surface area contributed by atoms with E-state index in [2.05, 4.69) is 26.7 Å². The second-order valence-electron chi connectivity index (χ2n) is 5.70. The Morgan fingerprint density at radius 2 is 1.86 bits per heavy atom. The van der Waals surface area contributed by atoms with Crippen molar-refractivity contribution < 1.29 is 0 Å². The number of fused-ring (bicyclic) bond motifs is 2. The first kappa shape index (κ1) is 12.9. The third-order valence-corrected chi connectivity index (χ3v) is 4.18. The van der Waals surface area contributed by atoms with Crippen LogP contribution in [-0.2, 0) is 7.05 Å². The lowest BCUT2D eigenvalue weighted by atomic mass is 10.1. The first-order chi connectivity index (χ1) is 10.5. The summed E-state index contributed by atoms with van der Waals surface area (Å²) in [4.78, 5) is 9.25. The van der Waals surface area contributed by atoms with E-state index in [1.165, 1.54) is 0 Å². The number of nitrogens with zero attached hydrogens (tertiary/aromatic N) is 4. The Bertz CT molecular complexity index is 1020. The summed E-state index contributed by atoms with van der Waals surface area (Å²) < 4.78 is 4.01. The van der Waals surface area contributed by atoms with Crippen LogP contribution in [-0.4, -0.2) is 18.9 Å². The predicted octanol–water partition coefficient (Wildman–Crippen LogP) is 3.09. The molecule has 0 aliphatic rings. The Morgan fingerprint density at radius 3 is 2.68 bits per heavy atom. The lowest BCUT2D eigenvalue weighted by Crippen LogP contribution is -1.94. The van der Waals surface area contributed by atoms with Crippen molar-refractivity contribution in [1.82, 2.24) is 18.9 Å². The molecule has 2 N–H and O–H groups in total. The van der Waals surface area contributed by atoms with Gasteiger partial charge in [-0.2, -0.15) is 0 Å². The molecule has 0 amide bonds. The van der Waals surface area contributed by atoms with Gasteiger partial charge in [-0.05, 0) is 37.6 Å². The Labute approximate surface area is 128 Å². The van der Waals surface area contributed by atoms with Crippen molar-refractivity contribution in [2.24, 2.45) is 7.05 Å². The molecule has 0 saturated heterocycles. The molecule has 0 fully saturated rings. The Hall–Kier alpha value is -2.82. The number of hydrogen-bond acceptors (Lipinski definition) is 3. The number of nitrogens with two attached hydrogens (primary N) is 1. The van der Waals surface area contributed by atoms with Crippen LogP contribution < -0.4 is 5.73 Å². The van der Waals surface area contributed by atoms with E-state index in [0.29, 0.717) is 5.82 Å². The van der Waals surface area contributed by atoms with E-state index >= 15 is 0 Å². The average molecular weight is 291 g/mol. The maximum Gasteiger partial charge on any atom is 0.139 e. The van der Waals surface area contributed by atoms with E-state index < -0.39 is 0 Å². The fourth-order valence-corrected chi connectivity index (χ4v) is 2.85. The monoisotopic (exact) mass is 291 g/mol. The average Bonchev–Trinajstić information content (AvgIpc) is 2.97. The Balaban J connectivity index is 1.96. The summed E-state index contributed by atoms with van der Waals surface area (Å²) in [5, 5.41) is 0. The summed E-state index contributed by atoms with van der Waals surface area (Å²) in [6.07, 6.45) is 2.00. The molecular weight excluding hydrogens is 274 g/mol. The minimum Gasteiger partial charge on any atom is -0.383 e. The molecule has 4 aromatic rings. The van der Waals surface area contributed by atoms with E-state index in [0.717, 1.165) is 39.3 Å². The van der Waals surface area contributed by atoms with Gasteiger partial charge < -0.3 is 10.3 Å². The SMILES string of the molecule is Cc1ccc2nc(-c3ccc4c(c3)nc(C)n4C)c(N)n2c1. The summed E-state index contributed by atoms with van der Waals surface area (Å²) in [5.74, 6) is 1.65. The Morgan fingerprint density at radius 1 is 1.05 bits per heavy atom. The van der Waals surface area contributed by atoms with Crippen molar-refractivity contribution in [3.8, 4) is 11.3 Å². The van der Waals surface area contributed by atoms with Crippen LogP contribution >= 0.6 is 0 Å².